The molecule has 28 heavy (non-hydrogen) atoms. The third-order valence-electron chi connectivity index (χ3n) is 5.09. The largest absolute Gasteiger partial charge is 0.495 e. The lowest BCUT2D eigenvalue weighted by Gasteiger charge is -2.12. The fraction of sp³-hybridized carbons (Fsp3) is 0.0455. The van der Waals surface area contributed by atoms with E-state index in [0.717, 1.165) is 39.0 Å². The Morgan fingerprint density at radius 1 is 1.00 bits per heavy atom. The number of aromatic amines is 2. The van der Waals surface area contributed by atoms with Gasteiger partial charge in [0.15, 0.2) is 0 Å². The molecular formula is C22H18N4O2. The lowest BCUT2D eigenvalue weighted by Crippen LogP contribution is -2.03. The second-order valence-corrected chi connectivity index (χ2v) is 6.70. The molecule has 1 aliphatic heterocycles. The zero-order valence-corrected chi connectivity index (χ0v) is 15.2. The number of nitrogens with one attached hydrogen (secondary N) is 3. The first-order valence-corrected chi connectivity index (χ1v) is 8.90. The van der Waals surface area contributed by atoms with Crippen LogP contribution in [0, 0.1) is 0 Å². The van der Waals surface area contributed by atoms with Crippen molar-refractivity contribution < 1.29 is 9.53 Å². The monoisotopic (exact) mass is 370 g/mol. The molecule has 0 radical (unpaired) electrons. The smallest absolute Gasteiger partial charge is 0.256 e. The Bertz CT molecular complexity index is 1260. The number of methoxy groups -OCH3 is 1. The summed E-state index contributed by atoms with van der Waals surface area (Å²) in [5, 5.41) is 4.06. The van der Waals surface area contributed by atoms with Crippen LogP contribution in [0.2, 0.25) is 0 Å². The van der Waals surface area contributed by atoms with Gasteiger partial charge in [-0.05, 0) is 47.4 Å². The molecule has 0 saturated heterocycles. The van der Waals surface area contributed by atoms with Gasteiger partial charge in [0.2, 0.25) is 0 Å². The lowest BCUT2D eigenvalue weighted by molar-refractivity contribution is -0.110. The van der Waals surface area contributed by atoms with Crippen LogP contribution in [0.3, 0.4) is 0 Å². The second-order valence-electron chi connectivity index (χ2n) is 6.70. The maximum absolute atomic E-state index is 12.7. The summed E-state index contributed by atoms with van der Waals surface area (Å²) < 4.78 is 5.36. The van der Waals surface area contributed by atoms with Gasteiger partial charge in [-0.25, -0.2) is 0 Å². The van der Waals surface area contributed by atoms with Crippen molar-refractivity contribution in [2.75, 3.05) is 18.2 Å². The van der Waals surface area contributed by atoms with Gasteiger partial charge in [0.1, 0.15) is 5.75 Å². The molecule has 1 amide bonds. The number of anilines is 2. The van der Waals surface area contributed by atoms with Crippen molar-refractivity contribution >= 4 is 39.8 Å². The molecule has 0 spiro atoms. The number of fused-ring (bicyclic) bond motifs is 2. The maximum atomic E-state index is 12.7. The summed E-state index contributed by atoms with van der Waals surface area (Å²) >= 11 is 0. The molecule has 2 aromatic carbocycles. The number of ether oxygens (including phenoxy) is 1. The van der Waals surface area contributed by atoms with Crippen LogP contribution < -0.4 is 15.8 Å². The summed E-state index contributed by atoms with van der Waals surface area (Å²) in [4.78, 5) is 19.1. The summed E-state index contributed by atoms with van der Waals surface area (Å²) in [5.74, 6) is 0.506. The van der Waals surface area contributed by atoms with Crippen LogP contribution >= 0.6 is 0 Å². The molecular weight excluding hydrogens is 352 g/mol. The van der Waals surface area contributed by atoms with Crippen molar-refractivity contribution in [1.82, 2.24) is 9.97 Å². The van der Waals surface area contributed by atoms with Gasteiger partial charge < -0.3 is 25.8 Å². The first kappa shape index (κ1) is 16.3. The van der Waals surface area contributed by atoms with Gasteiger partial charge in [0, 0.05) is 40.4 Å². The number of amides is 1. The van der Waals surface area contributed by atoms with Crippen LogP contribution in [-0.2, 0) is 4.79 Å². The molecule has 2 aromatic heterocycles. The number of hydrogen-bond donors (Lipinski definition) is 4. The van der Waals surface area contributed by atoms with Crippen molar-refractivity contribution in [1.29, 1.82) is 0 Å². The standard InChI is InChI=1S/C22H18N4O2/c1-28-19-7-9-25-18(19)11-14-21-16(26-22(14)27)5-4-15(23)20(21)13-3-2-12-6-8-24-17(12)10-13/h2-11,24-25H,23H2,1H3,(H,26,27)/b14-11-. The van der Waals surface area contributed by atoms with Crippen molar-refractivity contribution in [2.45, 2.75) is 0 Å². The third-order valence-corrected chi connectivity index (χ3v) is 5.09. The van der Waals surface area contributed by atoms with Crippen LogP contribution in [0.15, 0.2) is 54.9 Å². The Hall–Kier alpha value is -3.93. The van der Waals surface area contributed by atoms with Crippen molar-refractivity contribution in [3.05, 3.63) is 66.1 Å². The number of hydrogen-bond acceptors (Lipinski definition) is 3. The van der Waals surface area contributed by atoms with Gasteiger partial charge in [0.25, 0.3) is 5.91 Å². The number of nitrogen functional groups attached to an aromatic ring is 1. The summed E-state index contributed by atoms with van der Waals surface area (Å²) in [7, 11) is 1.60. The molecule has 0 fully saturated rings. The SMILES string of the molecule is COc1cc[nH]c1/C=C1\C(=O)Nc2ccc(N)c(-c3ccc4cc[nH]c4c3)c21. The zero-order chi connectivity index (χ0) is 19.3. The molecule has 0 unspecified atom stereocenters. The minimum Gasteiger partial charge on any atom is -0.495 e. The van der Waals surface area contributed by atoms with Crippen LogP contribution in [0.5, 0.6) is 5.75 Å². The van der Waals surface area contributed by atoms with Gasteiger partial charge >= 0.3 is 0 Å². The summed E-state index contributed by atoms with van der Waals surface area (Å²) in [5.41, 5.74) is 12.6. The van der Waals surface area contributed by atoms with Crippen molar-refractivity contribution in [3.63, 3.8) is 0 Å². The highest BCUT2D eigenvalue weighted by Crippen LogP contribution is 2.44. The average Bonchev–Trinajstić information content (AvgIpc) is 3.41. The molecule has 0 atom stereocenters. The van der Waals surface area contributed by atoms with E-state index in [2.05, 4.69) is 21.4 Å². The molecule has 5 N–H and O–H groups in total. The van der Waals surface area contributed by atoms with Gasteiger partial charge in [-0.3, -0.25) is 4.79 Å². The highest BCUT2D eigenvalue weighted by molar-refractivity contribution is 6.36. The topological polar surface area (TPSA) is 95.9 Å². The van der Waals surface area contributed by atoms with Gasteiger partial charge in [0.05, 0.1) is 18.4 Å². The van der Waals surface area contributed by atoms with Gasteiger partial charge in [-0.1, -0.05) is 12.1 Å². The van der Waals surface area contributed by atoms with E-state index in [4.69, 9.17) is 10.5 Å². The van der Waals surface area contributed by atoms with Crippen molar-refractivity contribution in [2.24, 2.45) is 0 Å². The number of aromatic nitrogens is 2. The quantitative estimate of drug-likeness (QED) is 0.321. The predicted molar refractivity (Wildman–Crippen MR) is 112 cm³/mol. The highest BCUT2D eigenvalue weighted by atomic mass is 16.5. The Labute approximate surface area is 161 Å². The van der Waals surface area contributed by atoms with Crippen LogP contribution in [0.1, 0.15) is 11.3 Å². The number of carbonyl (C=O) groups is 1. The van der Waals surface area contributed by atoms with E-state index in [0.29, 0.717) is 17.0 Å². The minimum absolute atomic E-state index is 0.167. The summed E-state index contributed by atoms with van der Waals surface area (Å²) in [6.07, 6.45) is 5.48. The number of carbonyl (C=O) groups excluding carboxylic acids is 1. The second kappa shape index (κ2) is 6.06. The number of benzene rings is 2. The van der Waals surface area contributed by atoms with E-state index in [-0.39, 0.29) is 5.91 Å². The molecule has 0 aliphatic carbocycles. The van der Waals surface area contributed by atoms with E-state index in [1.165, 1.54) is 0 Å². The first-order valence-electron chi connectivity index (χ1n) is 8.90. The Morgan fingerprint density at radius 2 is 1.86 bits per heavy atom. The predicted octanol–water partition coefficient (Wildman–Crippen LogP) is 4.25. The molecule has 138 valence electrons. The Kier molecular flexibility index (Phi) is 3.52. The molecule has 6 nitrogen and oxygen atoms in total. The maximum Gasteiger partial charge on any atom is 0.256 e. The molecule has 0 bridgehead atoms. The van der Waals surface area contributed by atoms with E-state index in [9.17, 15) is 4.79 Å². The van der Waals surface area contributed by atoms with Crippen molar-refractivity contribution in [3.8, 4) is 16.9 Å². The van der Waals surface area contributed by atoms with Crippen LogP contribution in [0.4, 0.5) is 11.4 Å². The zero-order valence-electron chi connectivity index (χ0n) is 15.2. The third kappa shape index (κ3) is 2.39. The summed E-state index contributed by atoms with van der Waals surface area (Å²) in [6.45, 7) is 0. The lowest BCUT2D eigenvalue weighted by atomic mass is 9.92. The average molecular weight is 370 g/mol. The van der Waals surface area contributed by atoms with E-state index >= 15 is 0 Å². The normalized spacial score (nSPS) is 14.5. The molecule has 6 heteroatoms. The first-order chi connectivity index (χ1) is 13.7. The number of rotatable bonds is 3. The van der Waals surface area contributed by atoms with Gasteiger partial charge in [-0.2, -0.15) is 0 Å². The molecule has 0 saturated carbocycles. The van der Waals surface area contributed by atoms with E-state index < -0.39 is 0 Å². The molecule has 4 aromatic rings. The Balaban J connectivity index is 1.75. The summed E-state index contributed by atoms with van der Waals surface area (Å²) in [6, 6.07) is 13.6. The van der Waals surface area contributed by atoms with E-state index in [1.807, 2.05) is 42.6 Å². The highest BCUT2D eigenvalue weighted by Gasteiger charge is 2.29. The Morgan fingerprint density at radius 3 is 2.71 bits per heavy atom. The molecule has 5 rings (SSSR count). The fourth-order valence-electron chi connectivity index (χ4n) is 3.76. The van der Waals surface area contributed by atoms with Crippen LogP contribution in [0.25, 0.3) is 33.7 Å². The molecule has 3 heterocycles. The number of H-pyrrole nitrogens is 2. The van der Waals surface area contributed by atoms with Crippen LogP contribution in [-0.4, -0.2) is 23.0 Å². The minimum atomic E-state index is -0.167. The molecule has 1 aliphatic rings. The number of nitrogens with two attached hydrogens (primary N) is 1. The van der Waals surface area contributed by atoms with E-state index in [1.54, 1.807) is 19.4 Å². The van der Waals surface area contributed by atoms with Gasteiger partial charge in [-0.15, -0.1) is 0 Å². The fourth-order valence-corrected chi connectivity index (χ4v) is 3.76.